The average molecular weight is 294 g/mol. The molecule has 0 saturated heterocycles. The van der Waals surface area contributed by atoms with Crippen molar-refractivity contribution < 1.29 is 13.5 Å². The van der Waals surface area contributed by atoms with Crippen LogP contribution in [-0.2, 0) is 0 Å². The molecule has 2 aromatic rings. The minimum Gasteiger partial charge on any atom is -0.490 e. The Kier molecular flexibility index (Phi) is 3.74. The van der Waals surface area contributed by atoms with Crippen LogP contribution in [0.5, 0.6) is 5.75 Å². The van der Waals surface area contributed by atoms with Crippen LogP contribution in [0.15, 0.2) is 24.3 Å². The number of halogens is 2. The van der Waals surface area contributed by atoms with Gasteiger partial charge in [0, 0.05) is 15.3 Å². The summed E-state index contributed by atoms with van der Waals surface area (Å²) in [6, 6.07) is 6.83. The molecule has 0 aliphatic heterocycles. The zero-order valence-electron chi connectivity index (χ0n) is 11.3. The van der Waals surface area contributed by atoms with E-state index in [2.05, 4.69) is 0 Å². The number of rotatable bonds is 5. The SMILES string of the molecule is Cc1ccc(-c2ccc(OCCC3CC3)c(F)c2F)s1. The van der Waals surface area contributed by atoms with Crippen LogP contribution in [0.2, 0.25) is 0 Å². The van der Waals surface area contributed by atoms with E-state index in [4.69, 9.17) is 4.74 Å². The highest BCUT2D eigenvalue weighted by Crippen LogP contribution is 2.35. The minimum absolute atomic E-state index is 0.0141. The van der Waals surface area contributed by atoms with Gasteiger partial charge in [-0.1, -0.05) is 12.8 Å². The van der Waals surface area contributed by atoms with Gasteiger partial charge in [0.05, 0.1) is 6.61 Å². The van der Waals surface area contributed by atoms with Crippen LogP contribution >= 0.6 is 11.3 Å². The Morgan fingerprint density at radius 1 is 1.15 bits per heavy atom. The third kappa shape index (κ3) is 2.85. The molecule has 0 spiro atoms. The van der Waals surface area contributed by atoms with E-state index in [-0.39, 0.29) is 5.75 Å². The van der Waals surface area contributed by atoms with Crippen molar-refractivity contribution >= 4 is 11.3 Å². The summed E-state index contributed by atoms with van der Waals surface area (Å²) in [5.41, 5.74) is 0.301. The van der Waals surface area contributed by atoms with E-state index in [1.165, 1.54) is 30.2 Å². The lowest BCUT2D eigenvalue weighted by Gasteiger charge is -2.09. The summed E-state index contributed by atoms with van der Waals surface area (Å²) in [6.45, 7) is 2.40. The van der Waals surface area contributed by atoms with E-state index in [1.54, 1.807) is 6.07 Å². The smallest absolute Gasteiger partial charge is 0.201 e. The zero-order valence-corrected chi connectivity index (χ0v) is 12.1. The molecule has 106 valence electrons. The Morgan fingerprint density at radius 2 is 1.95 bits per heavy atom. The first kappa shape index (κ1) is 13.6. The second-order valence-electron chi connectivity index (χ2n) is 5.23. The molecule has 1 saturated carbocycles. The number of aryl methyl sites for hydroxylation is 1. The Labute approximate surface area is 121 Å². The predicted octanol–water partition coefficient (Wildman–Crippen LogP) is 5.18. The van der Waals surface area contributed by atoms with E-state index < -0.39 is 11.6 Å². The maximum Gasteiger partial charge on any atom is 0.201 e. The average Bonchev–Trinajstić information content (AvgIpc) is 3.15. The number of benzene rings is 1. The highest BCUT2D eigenvalue weighted by atomic mass is 32.1. The first-order valence-electron chi connectivity index (χ1n) is 6.83. The third-order valence-corrected chi connectivity index (χ3v) is 4.57. The maximum absolute atomic E-state index is 14.1. The summed E-state index contributed by atoms with van der Waals surface area (Å²) >= 11 is 1.45. The molecule has 0 N–H and O–H groups in total. The Balaban J connectivity index is 1.78. The van der Waals surface area contributed by atoms with Crippen molar-refractivity contribution in [3.63, 3.8) is 0 Å². The summed E-state index contributed by atoms with van der Waals surface area (Å²) in [4.78, 5) is 1.81. The summed E-state index contributed by atoms with van der Waals surface area (Å²) in [5.74, 6) is -0.975. The normalized spacial score (nSPS) is 14.6. The molecule has 1 nitrogen and oxygen atoms in total. The van der Waals surface area contributed by atoms with Crippen LogP contribution in [0, 0.1) is 24.5 Å². The summed E-state index contributed by atoms with van der Waals surface area (Å²) in [6.07, 6.45) is 3.39. The fraction of sp³-hybridized carbons (Fsp3) is 0.375. The van der Waals surface area contributed by atoms with Gasteiger partial charge in [0.25, 0.3) is 0 Å². The monoisotopic (exact) mass is 294 g/mol. The first-order valence-corrected chi connectivity index (χ1v) is 7.64. The molecule has 0 unspecified atom stereocenters. The van der Waals surface area contributed by atoms with Crippen molar-refractivity contribution in [1.29, 1.82) is 0 Å². The lowest BCUT2D eigenvalue weighted by Crippen LogP contribution is -2.02. The molecule has 1 heterocycles. The van der Waals surface area contributed by atoms with Gasteiger partial charge in [-0.05, 0) is 43.5 Å². The maximum atomic E-state index is 14.1. The van der Waals surface area contributed by atoms with E-state index in [0.717, 1.165) is 22.1 Å². The van der Waals surface area contributed by atoms with Crippen LogP contribution in [0.1, 0.15) is 24.1 Å². The molecule has 0 bridgehead atoms. The molecule has 0 radical (unpaired) electrons. The quantitative estimate of drug-likeness (QED) is 0.738. The number of ether oxygens (including phenoxy) is 1. The minimum atomic E-state index is -0.885. The summed E-state index contributed by atoms with van der Waals surface area (Å²) in [7, 11) is 0. The van der Waals surface area contributed by atoms with Gasteiger partial charge in [-0.25, -0.2) is 4.39 Å². The summed E-state index contributed by atoms with van der Waals surface area (Å²) in [5, 5.41) is 0. The van der Waals surface area contributed by atoms with Crippen molar-refractivity contribution in [3.05, 3.63) is 40.8 Å². The molecule has 20 heavy (non-hydrogen) atoms. The number of hydrogen-bond donors (Lipinski definition) is 0. The van der Waals surface area contributed by atoms with Crippen molar-refractivity contribution in [2.45, 2.75) is 26.2 Å². The molecule has 1 aromatic carbocycles. The van der Waals surface area contributed by atoms with Crippen molar-refractivity contribution in [2.75, 3.05) is 6.61 Å². The largest absolute Gasteiger partial charge is 0.490 e. The zero-order chi connectivity index (χ0) is 14.1. The molecular formula is C16H16F2OS. The van der Waals surface area contributed by atoms with Crippen LogP contribution in [0.25, 0.3) is 10.4 Å². The standard InChI is InChI=1S/C16H16F2OS/c1-10-2-7-14(20-10)12-5-6-13(16(18)15(12)17)19-9-8-11-3-4-11/h2,5-7,11H,3-4,8-9H2,1H3. The highest BCUT2D eigenvalue weighted by Gasteiger charge is 2.22. The van der Waals surface area contributed by atoms with Gasteiger partial charge in [-0.3, -0.25) is 0 Å². The van der Waals surface area contributed by atoms with Gasteiger partial charge < -0.3 is 4.74 Å². The highest BCUT2D eigenvalue weighted by molar-refractivity contribution is 7.15. The molecule has 1 fully saturated rings. The lowest BCUT2D eigenvalue weighted by atomic mass is 10.1. The predicted molar refractivity (Wildman–Crippen MR) is 77.2 cm³/mol. The second kappa shape index (κ2) is 5.52. The van der Waals surface area contributed by atoms with Gasteiger partial charge in [0.1, 0.15) is 0 Å². The van der Waals surface area contributed by atoms with Gasteiger partial charge >= 0.3 is 0 Å². The van der Waals surface area contributed by atoms with E-state index in [0.29, 0.717) is 12.2 Å². The van der Waals surface area contributed by atoms with E-state index in [1.807, 2.05) is 19.1 Å². The Hall–Kier alpha value is -1.42. The molecule has 0 atom stereocenters. The second-order valence-corrected chi connectivity index (χ2v) is 6.52. The van der Waals surface area contributed by atoms with Crippen LogP contribution < -0.4 is 4.74 Å². The summed E-state index contributed by atoms with van der Waals surface area (Å²) < 4.78 is 33.5. The van der Waals surface area contributed by atoms with Gasteiger partial charge in [-0.2, -0.15) is 4.39 Å². The Morgan fingerprint density at radius 3 is 2.60 bits per heavy atom. The molecule has 3 rings (SSSR count). The third-order valence-electron chi connectivity index (χ3n) is 3.53. The Bertz CT molecular complexity index is 617. The first-order chi connectivity index (χ1) is 9.65. The topological polar surface area (TPSA) is 9.23 Å². The van der Waals surface area contributed by atoms with Crippen LogP contribution in [0.4, 0.5) is 8.78 Å². The van der Waals surface area contributed by atoms with Gasteiger partial charge in [-0.15, -0.1) is 11.3 Å². The molecule has 0 amide bonds. The molecule has 1 aliphatic carbocycles. The number of thiophene rings is 1. The van der Waals surface area contributed by atoms with E-state index >= 15 is 0 Å². The van der Waals surface area contributed by atoms with Crippen LogP contribution in [0.3, 0.4) is 0 Å². The van der Waals surface area contributed by atoms with Crippen molar-refractivity contribution in [3.8, 4) is 16.2 Å². The van der Waals surface area contributed by atoms with Crippen molar-refractivity contribution in [2.24, 2.45) is 5.92 Å². The molecular weight excluding hydrogens is 278 g/mol. The molecule has 1 aromatic heterocycles. The lowest BCUT2D eigenvalue weighted by molar-refractivity contribution is 0.283. The fourth-order valence-corrected chi connectivity index (χ4v) is 3.04. The van der Waals surface area contributed by atoms with Crippen LogP contribution in [-0.4, -0.2) is 6.61 Å². The van der Waals surface area contributed by atoms with Crippen molar-refractivity contribution in [1.82, 2.24) is 0 Å². The van der Waals surface area contributed by atoms with Gasteiger partial charge in [0.15, 0.2) is 11.6 Å². The fourth-order valence-electron chi connectivity index (χ4n) is 2.15. The molecule has 4 heteroatoms. The van der Waals surface area contributed by atoms with E-state index in [9.17, 15) is 8.78 Å². The van der Waals surface area contributed by atoms with Gasteiger partial charge in [0.2, 0.25) is 5.82 Å². The number of hydrogen-bond acceptors (Lipinski definition) is 2. The molecule has 1 aliphatic rings.